The van der Waals surface area contributed by atoms with Crippen molar-refractivity contribution in [2.45, 2.75) is 51.9 Å². The van der Waals surface area contributed by atoms with Crippen molar-refractivity contribution in [2.75, 3.05) is 19.8 Å². The molecule has 1 unspecified atom stereocenters. The predicted molar refractivity (Wildman–Crippen MR) is 128 cm³/mol. The van der Waals surface area contributed by atoms with Gasteiger partial charge in [-0.05, 0) is 91.7 Å². The molecule has 0 amide bonds. The Balaban J connectivity index is 1.40. The van der Waals surface area contributed by atoms with E-state index in [-0.39, 0.29) is 17.5 Å². The van der Waals surface area contributed by atoms with Gasteiger partial charge in [0.1, 0.15) is 5.76 Å². The number of hydrogen-bond acceptors (Lipinski definition) is 5. The fourth-order valence-electron chi connectivity index (χ4n) is 5.16. The van der Waals surface area contributed by atoms with Crippen LogP contribution >= 0.6 is 0 Å². The van der Waals surface area contributed by atoms with Gasteiger partial charge in [-0.15, -0.1) is 0 Å². The summed E-state index contributed by atoms with van der Waals surface area (Å²) in [5, 5.41) is 11.0. The fourth-order valence-corrected chi connectivity index (χ4v) is 5.16. The molecule has 1 aromatic carbocycles. The lowest BCUT2D eigenvalue weighted by Gasteiger charge is -2.29. The zero-order valence-corrected chi connectivity index (χ0v) is 19.4. The Hall–Kier alpha value is -2.66. The second-order valence-electron chi connectivity index (χ2n) is 9.95. The number of nitrogens with zero attached hydrogens (tertiary/aromatic N) is 1. The number of aromatic nitrogens is 1. The Kier molecular flexibility index (Phi) is 6.50. The van der Waals surface area contributed by atoms with Crippen molar-refractivity contribution in [3.05, 3.63) is 53.4 Å². The molecule has 1 aromatic heterocycles. The summed E-state index contributed by atoms with van der Waals surface area (Å²) in [5.41, 5.74) is 4.16. The minimum absolute atomic E-state index is 0.0486. The number of hydrogen-bond donors (Lipinski definition) is 1. The molecule has 1 aliphatic heterocycles. The van der Waals surface area contributed by atoms with E-state index in [2.05, 4.69) is 4.98 Å². The lowest BCUT2D eigenvalue weighted by molar-refractivity contribution is -0.115. The Bertz CT molecular complexity index is 1050. The lowest BCUT2D eigenvalue weighted by Crippen LogP contribution is -2.24. The van der Waals surface area contributed by atoms with Crippen molar-refractivity contribution in [1.82, 2.24) is 4.98 Å². The molecule has 1 saturated heterocycles. The Labute approximate surface area is 195 Å². The lowest BCUT2D eigenvalue weighted by atomic mass is 9.77. The van der Waals surface area contributed by atoms with Crippen LogP contribution in [-0.2, 0) is 9.53 Å². The van der Waals surface area contributed by atoms with Crippen molar-refractivity contribution in [3.63, 3.8) is 0 Å². The summed E-state index contributed by atoms with van der Waals surface area (Å²) in [5.74, 6) is 2.37. The normalized spacial score (nSPS) is 22.0. The molecule has 33 heavy (non-hydrogen) atoms. The number of pyridine rings is 1. The average Bonchev–Trinajstić information content (AvgIpc) is 3.64. The zero-order chi connectivity index (χ0) is 22.8. The summed E-state index contributed by atoms with van der Waals surface area (Å²) in [7, 11) is 0. The second kappa shape index (κ2) is 9.68. The van der Waals surface area contributed by atoms with E-state index < -0.39 is 0 Å². The highest BCUT2D eigenvalue weighted by molar-refractivity contribution is 6.22. The number of rotatable bonds is 7. The van der Waals surface area contributed by atoms with Crippen LogP contribution in [0.2, 0.25) is 0 Å². The molecule has 5 heteroatoms. The first-order chi connectivity index (χ1) is 16.1. The van der Waals surface area contributed by atoms with Crippen LogP contribution in [0.3, 0.4) is 0 Å². The summed E-state index contributed by atoms with van der Waals surface area (Å²) in [4.78, 5) is 17.7. The number of aliphatic hydroxyl groups excluding tert-OH is 1. The molecule has 1 N–H and O–H groups in total. The first-order valence-electron chi connectivity index (χ1n) is 12.3. The smallest absolute Gasteiger partial charge is 0.221 e. The number of allylic oxidation sites excluding steroid dienone is 2. The number of ether oxygens (including phenoxy) is 2. The van der Waals surface area contributed by atoms with Gasteiger partial charge in [-0.3, -0.25) is 4.79 Å². The second-order valence-corrected chi connectivity index (χ2v) is 9.95. The maximum absolute atomic E-state index is 13.2. The van der Waals surface area contributed by atoms with Gasteiger partial charge in [0.05, 0.1) is 12.2 Å². The van der Waals surface area contributed by atoms with E-state index in [1.807, 2.05) is 37.3 Å². The van der Waals surface area contributed by atoms with Gasteiger partial charge < -0.3 is 14.6 Å². The van der Waals surface area contributed by atoms with Crippen LogP contribution < -0.4 is 4.74 Å². The van der Waals surface area contributed by atoms with Crippen molar-refractivity contribution < 1.29 is 19.4 Å². The summed E-state index contributed by atoms with van der Waals surface area (Å²) in [6.07, 6.45) is 8.37. The van der Waals surface area contributed by atoms with E-state index in [1.165, 1.54) is 12.8 Å². The minimum Gasteiger partial charge on any atom is -0.512 e. The largest absolute Gasteiger partial charge is 0.512 e. The Morgan fingerprint density at radius 3 is 2.61 bits per heavy atom. The summed E-state index contributed by atoms with van der Waals surface area (Å²) in [6.45, 7) is 4.31. The van der Waals surface area contributed by atoms with Gasteiger partial charge in [-0.1, -0.05) is 12.1 Å². The third-order valence-electron chi connectivity index (χ3n) is 7.27. The highest BCUT2D eigenvalue weighted by Crippen LogP contribution is 2.39. The van der Waals surface area contributed by atoms with Gasteiger partial charge in [0.25, 0.3) is 0 Å². The maximum atomic E-state index is 13.2. The summed E-state index contributed by atoms with van der Waals surface area (Å²) in [6, 6.07) is 9.98. The molecule has 2 heterocycles. The maximum Gasteiger partial charge on any atom is 0.221 e. The van der Waals surface area contributed by atoms with Crippen molar-refractivity contribution >= 4 is 11.4 Å². The highest BCUT2D eigenvalue weighted by atomic mass is 16.5. The number of ketones is 1. The standard InChI is InChI=1S/C28H33NO4/c1-18-4-7-22(23-3-2-10-29-28(23)33-17-20-5-6-20)16-24(18)27-25(30)14-21(15-26(27)31)13-19-8-11-32-12-9-19/h2-4,7,10,16,19-21,30H,5-6,8-9,11-15,17H2,1H3. The van der Waals surface area contributed by atoms with Gasteiger partial charge in [0, 0.05) is 37.8 Å². The van der Waals surface area contributed by atoms with E-state index in [4.69, 9.17) is 9.47 Å². The molecule has 174 valence electrons. The van der Waals surface area contributed by atoms with Crippen LogP contribution in [0.4, 0.5) is 0 Å². The molecule has 2 fully saturated rings. The molecule has 1 saturated carbocycles. The van der Waals surface area contributed by atoms with E-state index in [1.54, 1.807) is 6.20 Å². The summed E-state index contributed by atoms with van der Waals surface area (Å²) >= 11 is 0. The molecule has 0 spiro atoms. The Morgan fingerprint density at radius 1 is 1.03 bits per heavy atom. The zero-order valence-electron chi connectivity index (χ0n) is 19.4. The van der Waals surface area contributed by atoms with Gasteiger partial charge in [-0.2, -0.15) is 0 Å². The van der Waals surface area contributed by atoms with E-state index in [0.29, 0.717) is 42.7 Å². The monoisotopic (exact) mass is 447 g/mol. The number of Topliss-reactive ketones (excluding diaryl/α,β-unsaturated/α-hetero) is 1. The SMILES string of the molecule is Cc1ccc(-c2cccnc2OCC2CC2)cc1C1=C(O)CC(CC2CCOCC2)CC1=O. The van der Waals surface area contributed by atoms with Crippen LogP contribution in [0.1, 0.15) is 56.1 Å². The van der Waals surface area contributed by atoms with E-state index in [0.717, 1.165) is 54.7 Å². The molecule has 3 aliphatic rings. The first kappa shape index (κ1) is 22.1. The number of carbonyl (C=O) groups is 1. The van der Waals surface area contributed by atoms with Gasteiger partial charge in [0.15, 0.2) is 5.78 Å². The van der Waals surface area contributed by atoms with Gasteiger partial charge in [-0.25, -0.2) is 4.98 Å². The van der Waals surface area contributed by atoms with E-state index in [9.17, 15) is 9.90 Å². The third-order valence-corrected chi connectivity index (χ3v) is 7.27. The van der Waals surface area contributed by atoms with Crippen molar-refractivity contribution in [1.29, 1.82) is 0 Å². The topological polar surface area (TPSA) is 68.7 Å². The molecule has 1 atom stereocenters. The average molecular weight is 448 g/mol. The highest BCUT2D eigenvalue weighted by Gasteiger charge is 2.31. The van der Waals surface area contributed by atoms with Gasteiger partial charge in [0.2, 0.25) is 5.88 Å². The number of aryl methyl sites for hydroxylation is 1. The van der Waals surface area contributed by atoms with Crippen LogP contribution in [-0.4, -0.2) is 35.7 Å². The fraction of sp³-hybridized carbons (Fsp3) is 0.500. The third kappa shape index (κ3) is 5.14. The van der Waals surface area contributed by atoms with Crippen LogP contribution in [0.5, 0.6) is 5.88 Å². The molecular formula is C28H33NO4. The number of aliphatic hydroxyl groups is 1. The molecule has 2 aliphatic carbocycles. The number of benzene rings is 1. The minimum atomic E-state index is 0.0486. The first-order valence-corrected chi connectivity index (χ1v) is 12.3. The van der Waals surface area contributed by atoms with Crippen LogP contribution in [0.15, 0.2) is 42.3 Å². The quantitative estimate of drug-likeness (QED) is 0.571. The van der Waals surface area contributed by atoms with Crippen LogP contribution in [0.25, 0.3) is 16.7 Å². The molecule has 5 nitrogen and oxygen atoms in total. The van der Waals surface area contributed by atoms with Crippen molar-refractivity contribution in [3.8, 4) is 17.0 Å². The van der Waals surface area contributed by atoms with Crippen LogP contribution in [0, 0.1) is 24.7 Å². The number of carbonyl (C=O) groups excluding carboxylic acids is 1. The molecule has 2 aromatic rings. The molecule has 0 radical (unpaired) electrons. The Morgan fingerprint density at radius 2 is 1.85 bits per heavy atom. The molecular weight excluding hydrogens is 414 g/mol. The molecule has 5 rings (SSSR count). The predicted octanol–water partition coefficient (Wildman–Crippen LogP) is 5.91. The van der Waals surface area contributed by atoms with E-state index >= 15 is 0 Å². The summed E-state index contributed by atoms with van der Waals surface area (Å²) < 4.78 is 11.5. The molecule has 0 bridgehead atoms. The van der Waals surface area contributed by atoms with Crippen molar-refractivity contribution in [2.24, 2.45) is 17.8 Å². The van der Waals surface area contributed by atoms with Gasteiger partial charge >= 0.3 is 0 Å².